The summed E-state index contributed by atoms with van der Waals surface area (Å²) in [6, 6.07) is 0. The summed E-state index contributed by atoms with van der Waals surface area (Å²) in [4.78, 5) is 0. The molecule has 0 saturated carbocycles. The molecule has 0 aromatic heterocycles. The molecule has 0 aliphatic heterocycles. The van der Waals surface area contributed by atoms with E-state index >= 15 is 0 Å². The van der Waals surface area contributed by atoms with Crippen molar-refractivity contribution in [3.8, 4) is 0 Å². The van der Waals surface area contributed by atoms with Gasteiger partial charge in [0.05, 0.1) is 0 Å². The third kappa shape index (κ3) is 12.3. The Kier molecular flexibility index (Phi) is 6.88. The van der Waals surface area contributed by atoms with Crippen LogP contribution in [0.3, 0.4) is 0 Å². The second-order valence-electron chi connectivity index (χ2n) is 3.01. The van der Waals surface area contributed by atoms with Crippen LogP contribution in [-0.2, 0) is 11.1 Å². The largest absolute Gasteiger partial charge is 1.00 e. The fourth-order valence-corrected chi connectivity index (χ4v) is 1.06. The first-order valence-electron chi connectivity index (χ1n) is 2.48. The first kappa shape index (κ1) is 12.8. The van der Waals surface area contributed by atoms with Crippen LogP contribution in [0, 0.1) is 5.41 Å². The fourth-order valence-electron chi connectivity index (χ4n) is 0.354. The molecule has 0 aromatic carbocycles. The SMILES string of the molecule is CC(C)(C)CS(=O)[O-].[Na+]. The zero-order chi connectivity index (χ0) is 6.78. The van der Waals surface area contributed by atoms with Gasteiger partial charge < -0.3 is 4.55 Å². The van der Waals surface area contributed by atoms with E-state index in [0.29, 0.717) is 0 Å². The van der Waals surface area contributed by atoms with Gasteiger partial charge in [0.25, 0.3) is 0 Å². The van der Waals surface area contributed by atoms with Gasteiger partial charge >= 0.3 is 29.6 Å². The summed E-state index contributed by atoms with van der Waals surface area (Å²) >= 11 is -1.89. The molecule has 0 aromatic rings. The smallest absolute Gasteiger partial charge is 0.772 e. The first-order valence-corrected chi connectivity index (χ1v) is 3.72. The molecule has 9 heavy (non-hydrogen) atoms. The van der Waals surface area contributed by atoms with Gasteiger partial charge in [-0.15, -0.1) is 0 Å². The van der Waals surface area contributed by atoms with Gasteiger partial charge in [-0.2, -0.15) is 0 Å². The number of hydrogen-bond donors (Lipinski definition) is 0. The molecule has 0 saturated heterocycles. The van der Waals surface area contributed by atoms with E-state index in [-0.39, 0.29) is 40.7 Å². The summed E-state index contributed by atoms with van der Waals surface area (Å²) in [5.41, 5.74) is -0.0907. The zero-order valence-corrected chi connectivity index (χ0v) is 9.25. The molecule has 0 rings (SSSR count). The molecule has 1 atom stereocenters. The molecule has 0 spiro atoms. The van der Waals surface area contributed by atoms with E-state index < -0.39 is 11.1 Å². The third-order valence-corrected chi connectivity index (χ3v) is 1.65. The first-order chi connectivity index (χ1) is 3.42. The minimum absolute atomic E-state index is 0. The summed E-state index contributed by atoms with van der Waals surface area (Å²) in [7, 11) is 0. The van der Waals surface area contributed by atoms with Crippen LogP contribution >= 0.6 is 0 Å². The molecule has 0 fully saturated rings. The van der Waals surface area contributed by atoms with Crippen LogP contribution in [0.15, 0.2) is 0 Å². The molecule has 0 heterocycles. The normalized spacial score (nSPS) is 14.2. The molecule has 1 unspecified atom stereocenters. The topological polar surface area (TPSA) is 40.1 Å². The van der Waals surface area contributed by atoms with Crippen LogP contribution in [0.2, 0.25) is 0 Å². The average molecular weight is 158 g/mol. The summed E-state index contributed by atoms with van der Waals surface area (Å²) in [5, 5.41) is 0. The van der Waals surface area contributed by atoms with Crippen molar-refractivity contribution in [1.29, 1.82) is 0 Å². The summed E-state index contributed by atoms with van der Waals surface area (Å²) in [6.07, 6.45) is 0. The van der Waals surface area contributed by atoms with Crippen molar-refractivity contribution in [1.82, 2.24) is 0 Å². The van der Waals surface area contributed by atoms with Crippen molar-refractivity contribution in [3.63, 3.8) is 0 Å². The minimum Gasteiger partial charge on any atom is -0.772 e. The quantitative estimate of drug-likeness (QED) is 0.324. The standard InChI is InChI=1S/C5H12O2S.Na/c1-5(2,3)4-8(6)7;/h4H2,1-3H3,(H,6,7);/q;+1/p-1. The summed E-state index contributed by atoms with van der Waals surface area (Å²) < 4.78 is 20.0. The van der Waals surface area contributed by atoms with E-state index in [2.05, 4.69) is 0 Å². The molecule has 0 aliphatic carbocycles. The molecule has 4 heteroatoms. The Morgan fingerprint density at radius 3 is 1.78 bits per heavy atom. The molecule has 50 valence electrons. The van der Waals surface area contributed by atoms with Gasteiger partial charge in [-0.1, -0.05) is 31.9 Å². The zero-order valence-electron chi connectivity index (χ0n) is 6.43. The van der Waals surface area contributed by atoms with E-state index in [0.717, 1.165) is 0 Å². The van der Waals surface area contributed by atoms with Crippen molar-refractivity contribution in [2.75, 3.05) is 5.75 Å². The van der Waals surface area contributed by atoms with Crippen LogP contribution in [0.5, 0.6) is 0 Å². The molecule has 0 aliphatic rings. The van der Waals surface area contributed by atoms with Gasteiger partial charge in [0.15, 0.2) is 0 Å². The second-order valence-corrected chi connectivity index (χ2v) is 3.90. The Balaban J connectivity index is 0. The Bertz CT molecular complexity index is 97.6. The van der Waals surface area contributed by atoms with Gasteiger partial charge in [-0.3, -0.25) is 4.21 Å². The Hall–Kier alpha value is 1.11. The van der Waals surface area contributed by atoms with Crippen molar-refractivity contribution in [2.24, 2.45) is 5.41 Å². The Morgan fingerprint density at radius 2 is 1.78 bits per heavy atom. The van der Waals surface area contributed by atoms with Crippen LogP contribution in [0.4, 0.5) is 0 Å². The molecular weight excluding hydrogens is 147 g/mol. The molecule has 2 nitrogen and oxygen atoms in total. The molecule has 0 N–H and O–H groups in total. The Morgan fingerprint density at radius 1 is 1.44 bits per heavy atom. The van der Waals surface area contributed by atoms with Gasteiger partial charge in [-0.25, -0.2) is 0 Å². The maximum Gasteiger partial charge on any atom is 1.00 e. The van der Waals surface area contributed by atoms with E-state index in [9.17, 15) is 8.76 Å². The predicted octanol–water partition coefficient (Wildman–Crippen LogP) is -2.08. The van der Waals surface area contributed by atoms with Gasteiger partial charge in [0, 0.05) is 5.75 Å². The minimum atomic E-state index is -1.89. The van der Waals surface area contributed by atoms with E-state index in [1.165, 1.54) is 0 Å². The summed E-state index contributed by atoms with van der Waals surface area (Å²) in [6.45, 7) is 5.68. The van der Waals surface area contributed by atoms with E-state index in [1.807, 2.05) is 20.8 Å². The van der Waals surface area contributed by atoms with E-state index in [1.54, 1.807) is 0 Å². The third-order valence-electron chi connectivity index (χ3n) is 0.551. The molecule has 0 amide bonds. The summed E-state index contributed by atoms with van der Waals surface area (Å²) in [5.74, 6) is 0.243. The molecular formula is C5H11NaO2S. The van der Waals surface area contributed by atoms with Crippen molar-refractivity contribution >= 4 is 11.1 Å². The van der Waals surface area contributed by atoms with Crippen molar-refractivity contribution in [3.05, 3.63) is 0 Å². The molecule has 0 radical (unpaired) electrons. The second kappa shape index (κ2) is 4.85. The van der Waals surface area contributed by atoms with Crippen molar-refractivity contribution < 1.29 is 38.3 Å². The molecule has 0 bridgehead atoms. The maximum absolute atomic E-state index is 10.0. The number of rotatable bonds is 1. The fraction of sp³-hybridized carbons (Fsp3) is 1.00. The Labute approximate surface area is 81.0 Å². The van der Waals surface area contributed by atoms with Crippen LogP contribution in [-0.4, -0.2) is 14.5 Å². The average Bonchev–Trinajstić information content (AvgIpc) is 1.21. The maximum atomic E-state index is 10.0. The van der Waals surface area contributed by atoms with Gasteiger partial charge in [0.1, 0.15) is 0 Å². The van der Waals surface area contributed by atoms with E-state index in [4.69, 9.17) is 0 Å². The number of hydrogen-bond acceptors (Lipinski definition) is 2. The van der Waals surface area contributed by atoms with Crippen molar-refractivity contribution in [2.45, 2.75) is 20.8 Å². The van der Waals surface area contributed by atoms with Crippen LogP contribution in [0.25, 0.3) is 0 Å². The van der Waals surface area contributed by atoms with Gasteiger partial charge in [0.2, 0.25) is 0 Å². The monoisotopic (exact) mass is 158 g/mol. The van der Waals surface area contributed by atoms with Gasteiger partial charge in [-0.05, 0) is 5.41 Å². The van der Waals surface area contributed by atoms with Crippen LogP contribution in [0.1, 0.15) is 20.8 Å². The predicted molar refractivity (Wildman–Crippen MR) is 33.2 cm³/mol. The van der Waals surface area contributed by atoms with Crippen LogP contribution < -0.4 is 29.6 Å².